The highest BCUT2D eigenvalue weighted by Gasteiger charge is 2.03. The summed E-state index contributed by atoms with van der Waals surface area (Å²) in [7, 11) is 1.58. The lowest BCUT2D eigenvalue weighted by Crippen LogP contribution is -1.93. The van der Waals surface area contributed by atoms with Gasteiger partial charge < -0.3 is 10.1 Å². The first-order chi connectivity index (χ1) is 9.28. The highest BCUT2D eigenvalue weighted by Crippen LogP contribution is 2.24. The number of hydrogen-bond acceptors (Lipinski definition) is 5. The normalized spacial score (nSPS) is 9.21. The predicted molar refractivity (Wildman–Crippen MR) is 71.2 cm³/mol. The van der Waals surface area contributed by atoms with Crippen LogP contribution in [0, 0.1) is 22.7 Å². The van der Waals surface area contributed by atoms with Crippen LogP contribution in [-0.2, 0) is 0 Å². The highest BCUT2D eigenvalue weighted by molar-refractivity contribution is 5.91. The molecule has 0 saturated heterocycles. The number of rotatable bonds is 3. The zero-order valence-corrected chi connectivity index (χ0v) is 10.2. The molecule has 19 heavy (non-hydrogen) atoms. The summed E-state index contributed by atoms with van der Waals surface area (Å²) in [5, 5.41) is 21.2. The Balaban J connectivity index is 2.43. The molecule has 92 valence electrons. The van der Waals surface area contributed by atoms with E-state index in [1.54, 1.807) is 25.4 Å². The maximum Gasteiger partial charge on any atom is 0.145 e. The van der Waals surface area contributed by atoms with Crippen molar-refractivity contribution in [2.75, 3.05) is 12.4 Å². The van der Waals surface area contributed by atoms with Crippen molar-refractivity contribution in [3.63, 3.8) is 0 Å². The van der Waals surface area contributed by atoms with Crippen molar-refractivity contribution < 1.29 is 4.74 Å². The lowest BCUT2D eigenvalue weighted by atomic mass is 10.2. The quantitative estimate of drug-likeness (QED) is 0.846. The second-order valence-electron chi connectivity index (χ2n) is 3.68. The summed E-state index contributed by atoms with van der Waals surface area (Å²) < 4.78 is 5.11. The van der Waals surface area contributed by atoms with E-state index in [0.29, 0.717) is 5.75 Å². The maximum absolute atomic E-state index is 8.67. The van der Waals surface area contributed by atoms with Crippen molar-refractivity contribution in [1.29, 1.82) is 10.5 Å². The number of benzene rings is 1. The molecule has 0 atom stereocenters. The average Bonchev–Trinajstić information content (AvgIpc) is 2.47. The molecule has 5 heteroatoms. The topological polar surface area (TPSA) is 81.7 Å². The fourth-order valence-corrected chi connectivity index (χ4v) is 1.61. The number of aromatic nitrogens is 1. The molecule has 0 aliphatic carbocycles. The molecule has 0 aliphatic rings. The summed E-state index contributed by atoms with van der Waals surface area (Å²) >= 11 is 0. The van der Waals surface area contributed by atoms with Gasteiger partial charge in [-0.25, -0.2) is 0 Å². The maximum atomic E-state index is 8.67. The van der Waals surface area contributed by atoms with Gasteiger partial charge in [-0.15, -0.1) is 0 Å². The number of allylic oxidation sites excluding steroid dienone is 1. The molecule has 0 bridgehead atoms. The van der Waals surface area contributed by atoms with Gasteiger partial charge in [-0.2, -0.15) is 10.5 Å². The number of hydrogen-bond donors (Lipinski definition) is 1. The fraction of sp³-hybridized carbons (Fsp3) is 0.0714. The second kappa shape index (κ2) is 5.52. The number of nitrogens with zero attached hydrogens (tertiary/aromatic N) is 3. The molecular formula is C14H10N4O. The van der Waals surface area contributed by atoms with Gasteiger partial charge in [0.15, 0.2) is 0 Å². The second-order valence-corrected chi connectivity index (χ2v) is 3.68. The minimum atomic E-state index is 0.00511. The van der Waals surface area contributed by atoms with Gasteiger partial charge in [0, 0.05) is 11.6 Å². The molecule has 0 spiro atoms. The largest absolute Gasteiger partial charge is 0.495 e. The third-order valence-corrected chi connectivity index (χ3v) is 2.53. The lowest BCUT2D eigenvalue weighted by Gasteiger charge is -2.06. The predicted octanol–water partition coefficient (Wildman–Crippen LogP) is 2.59. The molecule has 1 aromatic carbocycles. The summed E-state index contributed by atoms with van der Waals surface area (Å²) in [6, 6.07) is 11.0. The SMILES string of the molecule is COc1cnc2c(NC=C(C#N)C#N)cccc2c1. The molecule has 1 heterocycles. The van der Waals surface area contributed by atoms with Crippen molar-refractivity contribution >= 4 is 16.6 Å². The Morgan fingerprint density at radius 2 is 2.16 bits per heavy atom. The number of nitrogens with one attached hydrogen (secondary N) is 1. The van der Waals surface area contributed by atoms with Crippen molar-refractivity contribution in [3.05, 3.63) is 42.2 Å². The summed E-state index contributed by atoms with van der Waals surface area (Å²) in [6.07, 6.45) is 2.98. The summed E-state index contributed by atoms with van der Waals surface area (Å²) in [5.74, 6) is 0.676. The van der Waals surface area contributed by atoms with E-state index in [0.717, 1.165) is 16.6 Å². The van der Waals surface area contributed by atoms with Gasteiger partial charge in [-0.05, 0) is 12.1 Å². The van der Waals surface area contributed by atoms with Gasteiger partial charge in [0.25, 0.3) is 0 Å². The van der Waals surface area contributed by atoms with Crippen LogP contribution < -0.4 is 10.1 Å². The average molecular weight is 250 g/mol. The summed E-state index contributed by atoms with van der Waals surface area (Å²) in [4.78, 5) is 4.30. The Kier molecular flexibility index (Phi) is 3.61. The number of para-hydroxylation sites is 1. The monoisotopic (exact) mass is 250 g/mol. The van der Waals surface area contributed by atoms with E-state index >= 15 is 0 Å². The Morgan fingerprint density at radius 1 is 1.37 bits per heavy atom. The highest BCUT2D eigenvalue weighted by atomic mass is 16.5. The molecule has 0 amide bonds. The van der Waals surface area contributed by atoms with Crippen LogP contribution in [0.2, 0.25) is 0 Å². The van der Waals surface area contributed by atoms with Gasteiger partial charge in [0.2, 0.25) is 0 Å². The molecule has 0 unspecified atom stereocenters. The van der Waals surface area contributed by atoms with Gasteiger partial charge in [0.1, 0.15) is 23.5 Å². The zero-order valence-electron chi connectivity index (χ0n) is 10.2. The summed E-state index contributed by atoms with van der Waals surface area (Å²) in [6.45, 7) is 0. The molecule has 0 aliphatic heterocycles. The van der Waals surface area contributed by atoms with Crippen molar-refractivity contribution in [3.8, 4) is 17.9 Å². The van der Waals surface area contributed by atoms with Crippen LogP contribution in [0.1, 0.15) is 0 Å². The van der Waals surface area contributed by atoms with Crippen LogP contribution >= 0.6 is 0 Å². The van der Waals surface area contributed by atoms with E-state index in [1.807, 2.05) is 24.3 Å². The molecule has 0 saturated carbocycles. The van der Waals surface area contributed by atoms with E-state index < -0.39 is 0 Å². The van der Waals surface area contributed by atoms with E-state index in [2.05, 4.69) is 10.3 Å². The molecular weight excluding hydrogens is 240 g/mol. The lowest BCUT2D eigenvalue weighted by molar-refractivity contribution is 0.414. The minimum Gasteiger partial charge on any atom is -0.495 e. The van der Waals surface area contributed by atoms with Crippen LogP contribution in [0.5, 0.6) is 5.75 Å². The molecule has 0 radical (unpaired) electrons. The van der Waals surface area contributed by atoms with Crippen molar-refractivity contribution in [2.24, 2.45) is 0 Å². The van der Waals surface area contributed by atoms with E-state index in [4.69, 9.17) is 15.3 Å². The standard InChI is InChI=1S/C14H10N4O/c1-19-12-5-11-3-2-4-13(14(11)18-9-12)17-8-10(6-15)7-16/h2-5,8-9,17H,1H3. The molecule has 0 fully saturated rings. The van der Waals surface area contributed by atoms with Crippen LogP contribution in [-0.4, -0.2) is 12.1 Å². The summed E-state index contributed by atoms with van der Waals surface area (Å²) in [5.41, 5.74) is 1.48. The Labute approximate surface area is 110 Å². The number of fused-ring (bicyclic) bond motifs is 1. The van der Waals surface area contributed by atoms with Crippen LogP contribution in [0.25, 0.3) is 10.9 Å². The number of anilines is 1. The Morgan fingerprint density at radius 3 is 2.84 bits per heavy atom. The first-order valence-corrected chi connectivity index (χ1v) is 5.48. The molecule has 2 rings (SSSR count). The third kappa shape index (κ3) is 2.62. The number of nitriles is 2. The smallest absolute Gasteiger partial charge is 0.145 e. The van der Waals surface area contributed by atoms with Gasteiger partial charge >= 0.3 is 0 Å². The molecule has 1 aromatic heterocycles. The Hall–Kier alpha value is -3.05. The Bertz CT molecular complexity index is 706. The van der Waals surface area contributed by atoms with Gasteiger partial charge in [0.05, 0.1) is 24.5 Å². The molecule has 2 aromatic rings. The van der Waals surface area contributed by atoms with Gasteiger partial charge in [-0.3, -0.25) is 4.98 Å². The van der Waals surface area contributed by atoms with Crippen LogP contribution in [0.15, 0.2) is 42.2 Å². The zero-order chi connectivity index (χ0) is 13.7. The molecule has 5 nitrogen and oxygen atoms in total. The first-order valence-electron chi connectivity index (χ1n) is 5.48. The van der Waals surface area contributed by atoms with Crippen molar-refractivity contribution in [2.45, 2.75) is 0 Å². The number of pyridine rings is 1. The third-order valence-electron chi connectivity index (χ3n) is 2.53. The fourth-order valence-electron chi connectivity index (χ4n) is 1.61. The number of ether oxygens (including phenoxy) is 1. The minimum absolute atomic E-state index is 0.00511. The molecule has 1 N–H and O–H groups in total. The van der Waals surface area contributed by atoms with E-state index in [1.165, 1.54) is 6.20 Å². The van der Waals surface area contributed by atoms with Crippen LogP contribution in [0.3, 0.4) is 0 Å². The van der Waals surface area contributed by atoms with E-state index in [-0.39, 0.29) is 5.57 Å². The van der Waals surface area contributed by atoms with Crippen molar-refractivity contribution in [1.82, 2.24) is 4.98 Å². The first kappa shape index (κ1) is 12.4. The number of methoxy groups -OCH3 is 1. The van der Waals surface area contributed by atoms with Gasteiger partial charge in [-0.1, -0.05) is 12.1 Å². The van der Waals surface area contributed by atoms with E-state index in [9.17, 15) is 0 Å². The van der Waals surface area contributed by atoms with Crippen LogP contribution in [0.4, 0.5) is 5.69 Å².